The molecule has 0 spiro atoms. The minimum atomic E-state index is -0.961. The van der Waals surface area contributed by atoms with Gasteiger partial charge in [0.2, 0.25) is 0 Å². The first-order chi connectivity index (χ1) is 8.02. The molecular weight excluding hydrogens is 218 g/mol. The number of hydrogen-bond donors (Lipinski definition) is 2. The normalized spacial score (nSPS) is 12.2. The minimum absolute atomic E-state index is 0.431. The number of ether oxygens (including phenoxy) is 1. The van der Waals surface area contributed by atoms with Gasteiger partial charge in [-0.15, -0.1) is 0 Å². The lowest BCUT2D eigenvalue weighted by Gasteiger charge is -2.12. The van der Waals surface area contributed by atoms with Gasteiger partial charge in [0, 0.05) is 0 Å². The lowest BCUT2D eigenvalue weighted by atomic mass is 10.1. The molecule has 1 atom stereocenters. The Labute approximate surface area is 101 Å². The number of rotatable bonds is 6. The van der Waals surface area contributed by atoms with Crippen molar-refractivity contribution in [1.29, 1.82) is 0 Å². The van der Waals surface area contributed by atoms with Crippen LogP contribution in [-0.4, -0.2) is 23.7 Å². The zero-order valence-corrected chi connectivity index (χ0v) is 10.3. The van der Waals surface area contributed by atoms with E-state index < -0.39 is 12.0 Å². The maximum atomic E-state index is 10.5. The number of aliphatic carboxylic acids is 1. The Morgan fingerprint density at radius 2 is 2.00 bits per heavy atom. The zero-order chi connectivity index (χ0) is 12.8. The average Bonchev–Trinajstić information content (AvgIpc) is 2.27. The van der Waals surface area contributed by atoms with Crippen molar-refractivity contribution in [3.63, 3.8) is 0 Å². The summed E-state index contributed by atoms with van der Waals surface area (Å²) in [6.07, 6.45) is 1.07. The summed E-state index contributed by atoms with van der Waals surface area (Å²) >= 11 is 0. The maximum Gasteiger partial charge on any atom is 0.320 e. The molecule has 0 saturated heterocycles. The van der Waals surface area contributed by atoms with Crippen molar-refractivity contribution in [3.8, 4) is 5.75 Å². The molecule has 0 fully saturated rings. The third-order valence-electron chi connectivity index (χ3n) is 2.63. The van der Waals surface area contributed by atoms with Crippen molar-refractivity contribution >= 4 is 5.97 Å². The number of carbonyl (C=O) groups is 1. The smallest absolute Gasteiger partial charge is 0.320 e. The predicted octanol–water partition coefficient (Wildman–Crippen LogP) is 1.87. The van der Waals surface area contributed by atoms with Crippen LogP contribution in [-0.2, 0) is 4.79 Å². The quantitative estimate of drug-likeness (QED) is 0.741. The summed E-state index contributed by atoms with van der Waals surface area (Å²) in [7, 11) is 0. The fourth-order valence-corrected chi connectivity index (χ4v) is 1.63. The molecule has 0 saturated carbocycles. The van der Waals surface area contributed by atoms with E-state index in [2.05, 4.69) is 0 Å². The molecule has 1 aromatic carbocycles. The SMILES string of the molecule is Cc1cccc(C)c1OCCCC(N)C(=O)O. The van der Waals surface area contributed by atoms with Crippen molar-refractivity contribution in [2.75, 3.05) is 6.61 Å². The van der Waals surface area contributed by atoms with Crippen molar-refractivity contribution < 1.29 is 14.6 Å². The van der Waals surface area contributed by atoms with Gasteiger partial charge in [-0.1, -0.05) is 18.2 Å². The summed E-state index contributed by atoms with van der Waals surface area (Å²) < 4.78 is 5.65. The first-order valence-corrected chi connectivity index (χ1v) is 5.69. The van der Waals surface area contributed by atoms with Crippen LogP contribution in [0.3, 0.4) is 0 Å². The van der Waals surface area contributed by atoms with Crippen LogP contribution in [0.1, 0.15) is 24.0 Å². The number of nitrogens with two attached hydrogens (primary N) is 1. The molecule has 4 nitrogen and oxygen atoms in total. The molecule has 17 heavy (non-hydrogen) atoms. The Bertz CT molecular complexity index is 370. The number of benzene rings is 1. The van der Waals surface area contributed by atoms with E-state index in [-0.39, 0.29) is 0 Å². The van der Waals surface area contributed by atoms with Crippen molar-refractivity contribution in [2.24, 2.45) is 5.73 Å². The number of carboxylic acid groups (broad SMARTS) is 1. The third kappa shape index (κ3) is 4.07. The highest BCUT2D eigenvalue weighted by atomic mass is 16.5. The molecule has 0 radical (unpaired) electrons. The summed E-state index contributed by atoms with van der Waals surface area (Å²) in [4.78, 5) is 10.5. The Morgan fingerprint density at radius 1 is 1.41 bits per heavy atom. The molecule has 0 heterocycles. The monoisotopic (exact) mass is 237 g/mol. The van der Waals surface area contributed by atoms with Crippen LogP contribution in [0.4, 0.5) is 0 Å². The Hall–Kier alpha value is -1.55. The molecule has 4 heteroatoms. The summed E-state index contributed by atoms with van der Waals surface area (Å²) in [5.74, 6) is -0.0755. The second-order valence-corrected chi connectivity index (χ2v) is 4.16. The van der Waals surface area contributed by atoms with Crippen molar-refractivity contribution in [1.82, 2.24) is 0 Å². The van der Waals surface area contributed by atoms with Gasteiger partial charge < -0.3 is 15.6 Å². The first kappa shape index (κ1) is 13.5. The van der Waals surface area contributed by atoms with Crippen LogP contribution in [0.15, 0.2) is 18.2 Å². The lowest BCUT2D eigenvalue weighted by molar-refractivity contribution is -0.138. The van der Waals surface area contributed by atoms with Gasteiger partial charge in [-0.2, -0.15) is 0 Å². The number of hydrogen-bond acceptors (Lipinski definition) is 3. The molecule has 1 unspecified atom stereocenters. The zero-order valence-electron chi connectivity index (χ0n) is 10.3. The largest absolute Gasteiger partial charge is 0.493 e. The van der Waals surface area contributed by atoms with Gasteiger partial charge in [-0.25, -0.2) is 0 Å². The maximum absolute atomic E-state index is 10.5. The molecule has 0 aliphatic rings. The molecule has 0 bridgehead atoms. The van der Waals surface area contributed by atoms with Gasteiger partial charge in [-0.05, 0) is 37.8 Å². The van der Waals surface area contributed by atoms with Gasteiger partial charge in [0.05, 0.1) is 6.61 Å². The second kappa shape index (κ2) is 6.25. The highest BCUT2D eigenvalue weighted by Gasteiger charge is 2.10. The van der Waals surface area contributed by atoms with E-state index in [0.29, 0.717) is 19.4 Å². The Morgan fingerprint density at radius 3 is 2.53 bits per heavy atom. The van der Waals surface area contributed by atoms with Crippen molar-refractivity contribution in [2.45, 2.75) is 32.7 Å². The Balaban J connectivity index is 2.39. The summed E-state index contributed by atoms with van der Waals surface area (Å²) in [6.45, 7) is 4.48. The standard InChI is InChI=1S/C13H19NO3/c1-9-5-3-6-10(2)12(9)17-8-4-7-11(14)13(15)16/h3,5-6,11H,4,7-8,14H2,1-2H3,(H,15,16). The minimum Gasteiger partial charge on any atom is -0.493 e. The van der Waals surface area contributed by atoms with E-state index in [1.807, 2.05) is 32.0 Å². The van der Waals surface area contributed by atoms with Crippen LogP contribution in [0.2, 0.25) is 0 Å². The van der Waals surface area contributed by atoms with E-state index in [9.17, 15) is 4.79 Å². The van der Waals surface area contributed by atoms with Gasteiger partial charge >= 0.3 is 5.97 Å². The predicted molar refractivity (Wildman–Crippen MR) is 66.3 cm³/mol. The van der Waals surface area contributed by atoms with Crippen LogP contribution < -0.4 is 10.5 Å². The molecular formula is C13H19NO3. The molecule has 94 valence electrons. The fourth-order valence-electron chi connectivity index (χ4n) is 1.63. The molecule has 0 amide bonds. The first-order valence-electron chi connectivity index (χ1n) is 5.69. The van der Waals surface area contributed by atoms with Crippen LogP contribution in [0.5, 0.6) is 5.75 Å². The van der Waals surface area contributed by atoms with Gasteiger partial charge in [0.25, 0.3) is 0 Å². The molecule has 0 aliphatic heterocycles. The van der Waals surface area contributed by atoms with E-state index in [0.717, 1.165) is 16.9 Å². The molecule has 0 aromatic heterocycles. The fraction of sp³-hybridized carbons (Fsp3) is 0.462. The lowest BCUT2D eigenvalue weighted by Crippen LogP contribution is -2.30. The molecule has 1 rings (SSSR count). The van der Waals surface area contributed by atoms with E-state index >= 15 is 0 Å². The molecule has 0 aliphatic carbocycles. The molecule has 3 N–H and O–H groups in total. The van der Waals surface area contributed by atoms with Crippen molar-refractivity contribution in [3.05, 3.63) is 29.3 Å². The van der Waals surface area contributed by atoms with E-state index in [1.165, 1.54) is 0 Å². The topological polar surface area (TPSA) is 72.5 Å². The number of para-hydroxylation sites is 1. The summed E-state index contributed by atoms with van der Waals surface area (Å²) in [5.41, 5.74) is 7.58. The summed E-state index contributed by atoms with van der Waals surface area (Å²) in [5, 5.41) is 8.62. The van der Waals surface area contributed by atoms with Crippen LogP contribution in [0.25, 0.3) is 0 Å². The van der Waals surface area contributed by atoms with Crippen LogP contribution in [0, 0.1) is 13.8 Å². The highest BCUT2D eigenvalue weighted by molar-refractivity contribution is 5.72. The molecule has 1 aromatic rings. The number of carboxylic acids is 1. The summed E-state index contributed by atoms with van der Waals surface area (Å²) in [6, 6.07) is 5.17. The van der Waals surface area contributed by atoms with Crippen LogP contribution >= 0.6 is 0 Å². The second-order valence-electron chi connectivity index (χ2n) is 4.16. The van der Waals surface area contributed by atoms with E-state index in [4.69, 9.17) is 15.6 Å². The third-order valence-corrected chi connectivity index (χ3v) is 2.63. The van der Waals surface area contributed by atoms with Gasteiger partial charge in [-0.3, -0.25) is 4.79 Å². The average molecular weight is 237 g/mol. The number of aryl methyl sites for hydroxylation is 2. The van der Waals surface area contributed by atoms with E-state index in [1.54, 1.807) is 0 Å². The van der Waals surface area contributed by atoms with Gasteiger partial charge in [0.1, 0.15) is 11.8 Å². The Kier molecular flexibility index (Phi) is 4.97. The highest BCUT2D eigenvalue weighted by Crippen LogP contribution is 2.22. The van der Waals surface area contributed by atoms with Gasteiger partial charge in [0.15, 0.2) is 0 Å².